The Morgan fingerprint density at radius 3 is 2.23 bits per heavy atom. The molecule has 0 saturated heterocycles. The molecule has 0 spiro atoms. The zero-order valence-electron chi connectivity index (χ0n) is 14.5. The highest BCUT2D eigenvalue weighted by Gasteiger charge is 2.09. The average Bonchev–Trinajstić information content (AvgIpc) is 2.67. The molecule has 0 radical (unpaired) electrons. The summed E-state index contributed by atoms with van der Waals surface area (Å²) in [5.41, 5.74) is 4.79. The van der Waals surface area contributed by atoms with Gasteiger partial charge in [0.25, 0.3) is 5.91 Å². The second-order valence-corrected chi connectivity index (χ2v) is 7.43. The molecule has 0 fully saturated rings. The fraction of sp³-hybridized carbons (Fsp3) is 0.136. The monoisotopic (exact) mass is 381 g/mol. The number of nitrogens with one attached hydrogen (secondary N) is 1. The molecule has 0 saturated carbocycles. The van der Waals surface area contributed by atoms with Gasteiger partial charge in [-0.2, -0.15) is 11.8 Å². The maximum absolute atomic E-state index is 12.4. The van der Waals surface area contributed by atoms with Crippen molar-refractivity contribution in [2.75, 3.05) is 5.32 Å². The number of amides is 1. The van der Waals surface area contributed by atoms with Crippen molar-refractivity contribution in [1.82, 2.24) is 0 Å². The molecule has 132 valence electrons. The summed E-state index contributed by atoms with van der Waals surface area (Å²) in [6, 6.07) is 23.7. The van der Waals surface area contributed by atoms with Crippen molar-refractivity contribution < 1.29 is 4.79 Å². The van der Waals surface area contributed by atoms with Crippen LogP contribution in [0.25, 0.3) is 0 Å². The molecule has 1 N–H and O–H groups in total. The summed E-state index contributed by atoms with van der Waals surface area (Å²) in [5, 5.41) is 3.57. The minimum absolute atomic E-state index is 0.126. The van der Waals surface area contributed by atoms with E-state index in [1.807, 2.05) is 67.2 Å². The maximum Gasteiger partial charge on any atom is 0.255 e. The van der Waals surface area contributed by atoms with E-state index in [-0.39, 0.29) is 5.91 Å². The van der Waals surface area contributed by atoms with Gasteiger partial charge in [-0.25, -0.2) is 0 Å². The van der Waals surface area contributed by atoms with Gasteiger partial charge in [0.2, 0.25) is 0 Å². The van der Waals surface area contributed by atoms with E-state index < -0.39 is 0 Å². The van der Waals surface area contributed by atoms with Crippen LogP contribution < -0.4 is 5.32 Å². The lowest BCUT2D eigenvalue weighted by Crippen LogP contribution is -2.12. The molecular weight excluding hydrogens is 362 g/mol. The minimum Gasteiger partial charge on any atom is -0.322 e. The van der Waals surface area contributed by atoms with Crippen molar-refractivity contribution in [1.29, 1.82) is 0 Å². The zero-order chi connectivity index (χ0) is 18.4. The number of carbonyl (C=O) groups is 1. The lowest BCUT2D eigenvalue weighted by Gasteiger charge is -2.10. The summed E-state index contributed by atoms with van der Waals surface area (Å²) < 4.78 is 0. The van der Waals surface area contributed by atoms with Crippen molar-refractivity contribution in [3.05, 3.63) is 100 Å². The van der Waals surface area contributed by atoms with Crippen LogP contribution in [0.5, 0.6) is 0 Å². The van der Waals surface area contributed by atoms with Crippen LogP contribution in [0.4, 0.5) is 5.69 Å². The standard InChI is InChI=1S/C22H20ClNOS/c1-16-20(23)8-5-9-21(16)24-22(25)19-12-10-18(11-13-19)15-26-14-17-6-3-2-4-7-17/h2-13H,14-15H2,1H3,(H,24,25). The van der Waals surface area contributed by atoms with Crippen molar-refractivity contribution in [3.63, 3.8) is 0 Å². The zero-order valence-corrected chi connectivity index (χ0v) is 16.1. The van der Waals surface area contributed by atoms with Crippen molar-refractivity contribution in [2.45, 2.75) is 18.4 Å². The van der Waals surface area contributed by atoms with Gasteiger partial charge in [0.15, 0.2) is 0 Å². The quantitative estimate of drug-likeness (QED) is 0.540. The summed E-state index contributed by atoms with van der Waals surface area (Å²) in [4.78, 5) is 12.4. The largest absolute Gasteiger partial charge is 0.322 e. The Morgan fingerprint density at radius 2 is 1.54 bits per heavy atom. The second kappa shape index (κ2) is 8.93. The van der Waals surface area contributed by atoms with Gasteiger partial charge in [-0.3, -0.25) is 4.79 Å². The van der Waals surface area contributed by atoms with Crippen LogP contribution in [-0.4, -0.2) is 5.91 Å². The van der Waals surface area contributed by atoms with Crippen LogP contribution in [0.3, 0.4) is 0 Å². The third-order valence-corrected chi connectivity index (χ3v) is 5.60. The highest BCUT2D eigenvalue weighted by molar-refractivity contribution is 7.97. The number of halogens is 1. The SMILES string of the molecule is Cc1c(Cl)cccc1NC(=O)c1ccc(CSCc2ccccc2)cc1. The molecule has 3 rings (SSSR count). The van der Waals surface area contributed by atoms with Gasteiger partial charge < -0.3 is 5.32 Å². The third kappa shape index (κ3) is 4.90. The molecule has 3 aromatic carbocycles. The Bertz CT molecular complexity index is 878. The number of anilines is 1. The Hall–Kier alpha value is -2.23. The lowest BCUT2D eigenvalue weighted by atomic mass is 10.1. The van der Waals surface area contributed by atoms with Crippen LogP contribution in [0.15, 0.2) is 72.8 Å². The van der Waals surface area contributed by atoms with Crippen LogP contribution in [0.2, 0.25) is 5.02 Å². The number of rotatable bonds is 6. The normalized spacial score (nSPS) is 10.5. The van der Waals surface area contributed by atoms with E-state index in [2.05, 4.69) is 29.6 Å². The van der Waals surface area contributed by atoms with Gasteiger partial charge in [0.05, 0.1) is 0 Å². The number of carbonyl (C=O) groups excluding carboxylic acids is 1. The van der Waals surface area contributed by atoms with E-state index in [4.69, 9.17) is 11.6 Å². The number of hydrogen-bond donors (Lipinski definition) is 1. The topological polar surface area (TPSA) is 29.1 Å². The first kappa shape index (κ1) is 18.6. The predicted octanol–water partition coefficient (Wildman–Crippen LogP) is 6.33. The number of benzene rings is 3. The van der Waals surface area contributed by atoms with E-state index in [0.717, 1.165) is 22.8 Å². The minimum atomic E-state index is -0.126. The van der Waals surface area contributed by atoms with Crippen molar-refractivity contribution >= 4 is 35.0 Å². The van der Waals surface area contributed by atoms with E-state index in [1.54, 1.807) is 0 Å². The first-order chi connectivity index (χ1) is 12.6. The number of hydrogen-bond acceptors (Lipinski definition) is 2. The van der Waals surface area contributed by atoms with Crippen LogP contribution >= 0.6 is 23.4 Å². The van der Waals surface area contributed by atoms with Crippen LogP contribution in [-0.2, 0) is 11.5 Å². The predicted molar refractivity (Wildman–Crippen MR) is 112 cm³/mol. The summed E-state index contributed by atoms with van der Waals surface area (Å²) in [5.74, 6) is 1.78. The van der Waals surface area contributed by atoms with E-state index in [0.29, 0.717) is 10.6 Å². The fourth-order valence-corrected chi connectivity index (χ4v) is 3.68. The van der Waals surface area contributed by atoms with Crippen molar-refractivity contribution in [2.24, 2.45) is 0 Å². The highest BCUT2D eigenvalue weighted by atomic mass is 35.5. The summed E-state index contributed by atoms with van der Waals surface area (Å²) in [7, 11) is 0. The lowest BCUT2D eigenvalue weighted by molar-refractivity contribution is 0.102. The van der Waals surface area contributed by atoms with Gasteiger partial charge in [-0.1, -0.05) is 60.1 Å². The van der Waals surface area contributed by atoms with Crippen molar-refractivity contribution in [3.8, 4) is 0 Å². The Balaban J connectivity index is 1.56. The maximum atomic E-state index is 12.4. The molecule has 2 nitrogen and oxygen atoms in total. The number of thioether (sulfide) groups is 1. The summed E-state index contributed by atoms with van der Waals surface area (Å²) in [6.45, 7) is 1.89. The fourth-order valence-electron chi connectivity index (χ4n) is 2.55. The summed E-state index contributed by atoms with van der Waals surface area (Å²) in [6.07, 6.45) is 0. The van der Waals surface area contributed by atoms with Crippen LogP contribution in [0, 0.1) is 6.92 Å². The molecule has 0 aliphatic rings. The van der Waals surface area contributed by atoms with Gasteiger partial charge in [-0.05, 0) is 47.9 Å². The van der Waals surface area contributed by atoms with Gasteiger partial charge >= 0.3 is 0 Å². The highest BCUT2D eigenvalue weighted by Crippen LogP contribution is 2.24. The van der Waals surface area contributed by atoms with E-state index in [9.17, 15) is 4.79 Å². The first-order valence-electron chi connectivity index (χ1n) is 8.40. The Labute approximate surface area is 163 Å². The molecule has 0 bridgehead atoms. The molecule has 4 heteroatoms. The molecule has 0 unspecified atom stereocenters. The Morgan fingerprint density at radius 1 is 0.885 bits per heavy atom. The molecule has 3 aromatic rings. The van der Waals surface area contributed by atoms with E-state index in [1.165, 1.54) is 11.1 Å². The molecule has 0 aliphatic carbocycles. The second-order valence-electron chi connectivity index (χ2n) is 6.04. The molecule has 0 atom stereocenters. The van der Waals surface area contributed by atoms with Gasteiger partial charge in [0.1, 0.15) is 0 Å². The molecule has 0 aliphatic heterocycles. The van der Waals surface area contributed by atoms with Gasteiger partial charge in [0, 0.05) is 27.8 Å². The van der Waals surface area contributed by atoms with E-state index >= 15 is 0 Å². The average molecular weight is 382 g/mol. The molecule has 0 heterocycles. The Kier molecular flexibility index (Phi) is 6.37. The van der Waals surface area contributed by atoms with Crippen LogP contribution in [0.1, 0.15) is 27.0 Å². The molecule has 0 aromatic heterocycles. The third-order valence-electron chi connectivity index (χ3n) is 4.11. The molecule has 1 amide bonds. The summed E-state index contributed by atoms with van der Waals surface area (Å²) >= 11 is 7.97. The smallest absolute Gasteiger partial charge is 0.255 e. The first-order valence-corrected chi connectivity index (χ1v) is 9.94. The molecular formula is C22H20ClNOS. The molecule has 26 heavy (non-hydrogen) atoms. The van der Waals surface area contributed by atoms with Gasteiger partial charge in [-0.15, -0.1) is 0 Å².